The molecule has 0 aliphatic heterocycles. The minimum Gasteiger partial charge on any atom is -0.493 e. The number of ether oxygens (including phenoxy) is 2. The van der Waals surface area contributed by atoms with Crippen molar-refractivity contribution in [3.05, 3.63) is 53.6 Å². The van der Waals surface area contributed by atoms with Gasteiger partial charge in [-0.3, -0.25) is 4.99 Å². The van der Waals surface area contributed by atoms with Gasteiger partial charge in [-0.05, 0) is 41.5 Å². The lowest BCUT2D eigenvalue weighted by molar-refractivity contribution is 0.331. The van der Waals surface area contributed by atoms with Crippen LogP contribution < -0.4 is 14.6 Å². The Hall–Kier alpha value is -2.82. The molecule has 0 spiro atoms. The van der Waals surface area contributed by atoms with Gasteiger partial charge in [0.2, 0.25) is 10.0 Å². The smallest absolute Gasteiger partial charge is 0.238 e. The number of aliphatic imine (C=N–C) groups is 1. The Morgan fingerprint density at radius 3 is 2.52 bits per heavy atom. The van der Waals surface area contributed by atoms with Crippen molar-refractivity contribution in [2.45, 2.75) is 11.4 Å². The summed E-state index contributed by atoms with van der Waals surface area (Å²) >= 11 is 0. The van der Waals surface area contributed by atoms with Crippen LogP contribution in [0.4, 0.5) is 0 Å². The maximum atomic E-state index is 11.2. The number of nitrogens with zero attached hydrogens (tertiary/aromatic N) is 1. The van der Waals surface area contributed by atoms with Gasteiger partial charge in [-0.2, -0.15) is 0 Å². The Morgan fingerprint density at radius 1 is 1.20 bits per heavy atom. The third-order valence-electron chi connectivity index (χ3n) is 3.26. The molecule has 2 aromatic rings. The van der Waals surface area contributed by atoms with Gasteiger partial charge >= 0.3 is 0 Å². The molecular weight excluding hydrogens is 340 g/mol. The summed E-state index contributed by atoms with van der Waals surface area (Å²) in [6, 6.07) is 11.7. The maximum Gasteiger partial charge on any atom is 0.238 e. The Balaban J connectivity index is 2.05. The van der Waals surface area contributed by atoms with Crippen molar-refractivity contribution in [1.82, 2.24) is 0 Å². The molecule has 0 bridgehead atoms. The highest BCUT2D eigenvalue weighted by Crippen LogP contribution is 2.27. The van der Waals surface area contributed by atoms with E-state index in [2.05, 4.69) is 10.9 Å². The summed E-state index contributed by atoms with van der Waals surface area (Å²) < 4.78 is 33.1. The van der Waals surface area contributed by atoms with E-state index in [0.29, 0.717) is 18.0 Å². The van der Waals surface area contributed by atoms with Crippen molar-refractivity contribution in [2.75, 3.05) is 13.7 Å². The average Bonchev–Trinajstić information content (AvgIpc) is 2.60. The van der Waals surface area contributed by atoms with Gasteiger partial charge < -0.3 is 9.47 Å². The number of terminal acetylenes is 1. The molecule has 6 nitrogen and oxygen atoms in total. The van der Waals surface area contributed by atoms with E-state index in [0.717, 1.165) is 11.1 Å². The molecule has 0 atom stereocenters. The van der Waals surface area contributed by atoms with E-state index >= 15 is 0 Å². The molecule has 130 valence electrons. The van der Waals surface area contributed by atoms with Gasteiger partial charge in [0.1, 0.15) is 6.61 Å². The molecule has 0 heterocycles. The molecule has 0 saturated heterocycles. The van der Waals surface area contributed by atoms with Crippen LogP contribution in [0.2, 0.25) is 0 Å². The maximum absolute atomic E-state index is 11.2. The first-order valence-corrected chi connectivity index (χ1v) is 8.84. The van der Waals surface area contributed by atoms with Crippen molar-refractivity contribution in [3.8, 4) is 23.8 Å². The fourth-order valence-electron chi connectivity index (χ4n) is 2.04. The van der Waals surface area contributed by atoms with Gasteiger partial charge in [-0.25, -0.2) is 13.6 Å². The summed E-state index contributed by atoms with van der Waals surface area (Å²) in [5, 5.41) is 5.06. The zero-order valence-corrected chi connectivity index (χ0v) is 14.5. The van der Waals surface area contributed by atoms with Crippen LogP contribution in [0.5, 0.6) is 11.5 Å². The highest BCUT2D eigenvalue weighted by molar-refractivity contribution is 7.89. The molecule has 2 N–H and O–H groups in total. The second-order valence-electron chi connectivity index (χ2n) is 5.06. The minimum atomic E-state index is -3.68. The van der Waals surface area contributed by atoms with Crippen LogP contribution in [-0.4, -0.2) is 28.3 Å². The molecule has 7 heteroatoms. The first-order valence-electron chi connectivity index (χ1n) is 7.30. The highest BCUT2D eigenvalue weighted by atomic mass is 32.2. The van der Waals surface area contributed by atoms with Crippen molar-refractivity contribution in [2.24, 2.45) is 10.1 Å². The summed E-state index contributed by atoms with van der Waals surface area (Å²) in [7, 11) is -2.13. The number of hydrogen-bond acceptors (Lipinski definition) is 5. The molecular formula is C18H18N2O4S. The molecule has 2 aromatic carbocycles. The van der Waals surface area contributed by atoms with E-state index < -0.39 is 10.0 Å². The molecule has 0 radical (unpaired) electrons. The number of hydrogen-bond donors (Lipinski definition) is 1. The predicted octanol–water partition coefficient (Wildman–Crippen LogP) is 1.97. The van der Waals surface area contributed by atoms with Crippen molar-refractivity contribution >= 4 is 16.2 Å². The zero-order chi connectivity index (χ0) is 18.3. The topological polar surface area (TPSA) is 91.0 Å². The molecule has 0 aliphatic carbocycles. The quantitative estimate of drug-likeness (QED) is 0.605. The molecule has 0 aromatic heterocycles. The largest absolute Gasteiger partial charge is 0.493 e. The van der Waals surface area contributed by atoms with Crippen LogP contribution >= 0.6 is 0 Å². The Labute approximate surface area is 147 Å². The zero-order valence-electron chi connectivity index (χ0n) is 13.7. The number of primary sulfonamides is 1. The van der Waals surface area contributed by atoms with Gasteiger partial charge in [0.05, 0.1) is 18.6 Å². The average molecular weight is 358 g/mol. The first kappa shape index (κ1) is 18.5. The number of methoxy groups -OCH3 is 1. The second kappa shape index (κ2) is 8.33. The van der Waals surface area contributed by atoms with Gasteiger partial charge in [-0.1, -0.05) is 18.1 Å². The van der Waals surface area contributed by atoms with E-state index in [1.54, 1.807) is 37.6 Å². The van der Waals surface area contributed by atoms with Crippen LogP contribution in [-0.2, 0) is 16.6 Å². The summed E-state index contributed by atoms with van der Waals surface area (Å²) in [6.07, 6.45) is 6.87. The standard InChI is InChI=1S/C18H18N2O4S/c1-3-10-24-17-9-6-15(11-18(17)23-2)13-20-12-14-4-7-16(8-5-14)25(19,21)22/h1,4-9,11,13H,10,12H2,2H3,(H2,19,21,22). The first-order chi connectivity index (χ1) is 11.9. The summed E-state index contributed by atoms with van der Waals surface area (Å²) in [5.74, 6) is 3.53. The molecule has 0 amide bonds. The van der Waals surface area contributed by atoms with Crippen LogP contribution in [0.3, 0.4) is 0 Å². The van der Waals surface area contributed by atoms with Gasteiger partial charge in [-0.15, -0.1) is 6.42 Å². The SMILES string of the molecule is C#CCOc1ccc(C=NCc2ccc(S(N)(=O)=O)cc2)cc1OC. The summed E-state index contributed by atoms with van der Waals surface area (Å²) in [6.45, 7) is 0.570. The monoisotopic (exact) mass is 358 g/mol. The molecule has 0 fully saturated rings. The van der Waals surface area contributed by atoms with Gasteiger partial charge in [0.25, 0.3) is 0 Å². The lowest BCUT2D eigenvalue weighted by Crippen LogP contribution is -2.11. The van der Waals surface area contributed by atoms with Crippen LogP contribution in [0.1, 0.15) is 11.1 Å². The molecule has 2 rings (SSSR count). The number of sulfonamides is 1. The van der Waals surface area contributed by atoms with Crippen molar-refractivity contribution in [3.63, 3.8) is 0 Å². The second-order valence-corrected chi connectivity index (χ2v) is 6.62. The lowest BCUT2D eigenvalue weighted by Gasteiger charge is -2.09. The van der Waals surface area contributed by atoms with Crippen LogP contribution in [0, 0.1) is 12.3 Å². The molecule has 0 unspecified atom stereocenters. The van der Waals surface area contributed by atoms with Crippen molar-refractivity contribution in [1.29, 1.82) is 0 Å². The van der Waals surface area contributed by atoms with Gasteiger partial charge in [0.15, 0.2) is 11.5 Å². The van der Waals surface area contributed by atoms with E-state index in [4.69, 9.17) is 21.0 Å². The van der Waals surface area contributed by atoms with Crippen molar-refractivity contribution < 1.29 is 17.9 Å². The molecule has 0 saturated carbocycles. The normalized spacial score (nSPS) is 11.2. The molecule has 0 aliphatic rings. The van der Waals surface area contributed by atoms with Gasteiger partial charge in [0, 0.05) is 6.21 Å². The van der Waals surface area contributed by atoms with E-state index in [-0.39, 0.29) is 11.5 Å². The Kier molecular flexibility index (Phi) is 6.17. The Bertz CT molecular complexity index is 898. The predicted molar refractivity (Wildman–Crippen MR) is 96.4 cm³/mol. The summed E-state index contributed by atoms with van der Waals surface area (Å²) in [5.41, 5.74) is 1.70. The fraction of sp³-hybridized carbons (Fsp3) is 0.167. The highest BCUT2D eigenvalue weighted by Gasteiger charge is 2.06. The van der Waals surface area contributed by atoms with Crippen LogP contribution in [0.15, 0.2) is 52.4 Å². The van der Waals surface area contributed by atoms with E-state index in [1.165, 1.54) is 12.1 Å². The third-order valence-corrected chi connectivity index (χ3v) is 4.19. The number of nitrogens with two attached hydrogens (primary N) is 1. The lowest BCUT2D eigenvalue weighted by atomic mass is 10.2. The third kappa shape index (κ3) is 5.35. The number of benzene rings is 2. The molecule has 25 heavy (non-hydrogen) atoms. The van der Waals surface area contributed by atoms with Crippen LogP contribution in [0.25, 0.3) is 0 Å². The summed E-state index contributed by atoms with van der Waals surface area (Å²) in [4.78, 5) is 4.41. The van der Waals surface area contributed by atoms with E-state index in [1.807, 2.05) is 6.07 Å². The minimum absolute atomic E-state index is 0.0764. The number of rotatable bonds is 7. The van der Waals surface area contributed by atoms with E-state index in [9.17, 15) is 8.42 Å². The fourth-order valence-corrected chi connectivity index (χ4v) is 2.56. The Morgan fingerprint density at radius 2 is 1.92 bits per heavy atom.